The van der Waals surface area contributed by atoms with Gasteiger partial charge in [0.15, 0.2) is 0 Å². The number of hydrazone groups is 1. The summed E-state index contributed by atoms with van der Waals surface area (Å²) in [4.78, 5) is 4.24. The highest BCUT2D eigenvalue weighted by Gasteiger charge is 2.41. The Bertz CT molecular complexity index is 1020. The number of aromatic nitrogens is 1. The number of fused-ring (bicyclic) bond motifs is 3. The molecule has 0 fully saturated rings. The van der Waals surface area contributed by atoms with Crippen molar-refractivity contribution in [1.82, 2.24) is 9.99 Å². The lowest BCUT2D eigenvalue weighted by Gasteiger charge is -2.38. The van der Waals surface area contributed by atoms with Gasteiger partial charge in [-0.15, -0.1) is 0 Å². The smallest absolute Gasteiger partial charge is 0.215 e. The van der Waals surface area contributed by atoms with Gasteiger partial charge in [-0.05, 0) is 42.0 Å². The number of halogens is 2. The molecule has 6 heteroatoms. The predicted octanol–water partition coefficient (Wildman–Crippen LogP) is 5.63. The molecule has 0 aliphatic carbocycles. The highest BCUT2D eigenvalue weighted by molar-refractivity contribution is 6.31. The molecule has 1 aromatic heterocycles. The zero-order chi connectivity index (χ0) is 18.4. The monoisotopic (exact) mass is 395 g/mol. The zero-order valence-corrected chi connectivity index (χ0v) is 15.7. The van der Waals surface area contributed by atoms with Crippen LogP contribution < -0.4 is 4.74 Å². The van der Waals surface area contributed by atoms with E-state index in [1.165, 1.54) is 0 Å². The molecule has 2 aromatic carbocycles. The summed E-state index contributed by atoms with van der Waals surface area (Å²) in [6.45, 7) is 0. The van der Waals surface area contributed by atoms with Crippen LogP contribution >= 0.6 is 23.2 Å². The molecule has 3 aromatic rings. The molecule has 0 amide bonds. The zero-order valence-electron chi connectivity index (χ0n) is 14.2. The number of rotatable bonds is 2. The number of benzene rings is 2. The van der Waals surface area contributed by atoms with Crippen LogP contribution in [0.3, 0.4) is 0 Å². The molecular formula is C21H15Cl2N3O. The standard InChI is InChI=1S/C21H15Cl2N3O/c22-15-5-3-13(4-6-15)18-11-19-17-10-16(23)7-8-20(17)27-21(26(19)25-18)14-2-1-9-24-12-14/h1-10,12,19,21H,11H2/t19-,21-/m0/s1. The molecular weight excluding hydrogens is 381 g/mol. The highest BCUT2D eigenvalue weighted by atomic mass is 35.5. The molecule has 0 spiro atoms. The molecule has 134 valence electrons. The maximum absolute atomic E-state index is 6.29. The summed E-state index contributed by atoms with van der Waals surface area (Å²) in [7, 11) is 0. The summed E-state index contributed by atoms with van der Waals surface area (Å²) in [5, 5.41) is 8.32. The van der Waals surface area contributed by atoms with Crippen molar-refractivity contribution in [3.05, 3.63) is 93.7 Å². The molecule has 27 heavy (non-hydrogen) atoms. The second kappa shape index (κ2) is 6.55. The van der Waals surface area contributed by atoms with Crippen molar-refractivity contribution in [2.45, 2.75) is 18.7 Å². The Balaban J connectivity index is 1.60. The lowest BCUT2D eigenvalue weighted by Crippen LogP contribution is -2.33. The molecule has 2 atom stereocenters. The van der Waals surface area contributed by atoms with Gasteiger partial charge in [0.05, 0.1) is 11.8 Å². The van der Waals surface area contributed by atoms with Crippen molar-refractivity contribution in [2.75, 3.05) is 0 Å². The van der Waals surface area contributed by atoms with Crippen LogP contribution in [0.5, 0.6) is 5.75 Å². The van der Waals surface area contributed by atoms with E-state index in [-0.39, 0.29) is 12.3 Å². The largest absolute Gasteiger partial charge is 0.464 e. The van der Waals surface area contributed by atoms with Crippen molar-refractivity contribution in [2.24, 2.45) is 5.10 Å². The summed E-state index contributed by atoms with van der Waals surface area (Å²) < 4.78 is 6.29. The van der Waals surface area contributed by atoms with Gasteiger partial charge in [0, 0.05) is 40.0 Å². The second-order valence-corrected chi connectivity index (χ2v) is 7.47. The van der Waals surface area contributed by atoms with Gasteiger partial charge in [-0.3, -0.25) is 4.98 Å². The van der Waals surface area contributed by atoms with Gasteiger partial charge in [-0.25, -0.2) is 5.01 Å². The Kier molecular flexibility index (Phi) is 4.03. The third-order valence-corrected chi connectivity index (χ3v) is 5.39. The minimum atomic E-state index is -0.331. The average molecular weight is 396 g/mol. The number of nitrogens with zero attached hydrogens (tertiary/aromatic N) is 3. The van der Waals surface area contributed by atoms with Crippen LogP contribution in [0.25, 0.3) is 0 Å². The Morgan fingerprint density at radius 3 is 2.59 bits per heavy atom. The number of ether oxygens (including phenoxy) is 1. The lowest BCUT2D eigenvalue weighted by atomic mass is 9.96. The first-order chi connectivity index (χ1) is 13.2. The van der Waals surface area contributed by atoms with Crippen LogP contribution in [-0.4, -0.2) is 15.7 Å². The van der Waals surface area contributed by atoms with E-state index >= 15 is 0 Å². The predicted molar refractivity (Wildman–Crippen MR) is 106 cm³/mol. The quantitative estimate of drug-likeness (QED) is 0.563. The third kappa shape index (κ3) is 2.95. The first-order valence-electron chi connectivity index (χ1n) is 8.67. The van der Waals surface area contributed by atoms with Crippen molar-refractivity contribution < 1.29 is 4.74 Å². The van der Waals surface area contributed by atoms with Crippen LogP contribution in [0.15, 0.2) is 72.1 Å². The van der Waals surface area contributed by atoms with E-state index in [9.17, 15) is 0 Å². The van der Waals surface area contributed by atoms with Gasteiger partial charge in [-0.2, -0.15) is 5.10 Å². The molecule has 2 aliphatic heterocycles. The van der Waals surface area contributed by atoms with Gasteiger partial charge < -0.3 is 4.74 Å². The van der Waals surface area contributed by atoms with Crippen molar-refractivity contribution >= 4 is 28.9 Å². The van der Waals surface area contributed by atoms with Gasteiger partial charge in [0.1, 0.15) is 5.75 Å². The number of hydrogen-bond donors (Lipinski definition) is 0. The van der Waals surface area contributed by atoms with Crippen LogP contribution in [-0.2, 0) is 0 Å². The second-order valence-electron chi connectivity index (χ2n) is 6.59. The van der Waals surface area contributed by atoms with Gasteiger partial charge in [0.25, 0.3) is 0 Å². The van der Waals surface area contributed by atoms with Crippen LogP contribution in [0, 0.1) is 0 Å². The molecule has 0 radical (unpaired) electrons. The molecule has 0 unspecified atom stereocenters. The Morgan fingerprint density at radius 2 is 1.81 bits per heavy atom. The van der Waals surface area contributed by atoms with E-state index in [0.717, 1.165) is 34.6 Å². The minimum absolute atomic E-state index is 0.0586. The fraction of sp³-hybridized carbons (Fsp3) is 0.143. The van der Waals surface area contributed by atoms with Gasteiger partial charge in [0.2, 0.25) is 6.23 Å². The summed E-state index contributed by atoms with van der Waals surface area (Å²) in [6.07, 6.45) is 4.01. The van der Waals surface area contributed by atoms with E-state index in [1.807, 2.05) is 65.8 Å². The summed E-state index contributed by atoms with van der Waals surface area (Å²) in [6, 6.07) is 17.5. The minimum Gasteiger partial charge on any atom is -0.464 e. The van der Waals surface area contributed by atoms with Gasteiger partial charge in [-0.1, -0.05) is 41.4 Å². The molecule has 4 nitrogen and oxygen atoms in total. The van der Waals surface area contributed by atoms with Gasteiger partial charge >= 0.3 is 0 Å². The molecule has 0 saturated carbocycles. The maximum atomic E-state index is 6.29. The van der Waals surface area contributed by atoms with Crippen LogP contribution in [0.4, 0.5) is 0 Å². The Morgan fingerprint density at radius 1 is 1.00 bits per heavy atom. The van der Waals surface area contributed by atoms with E-state index in [1.54, 1.807) is 6.20 Å². The number of hydrogen-bond acceptors (Lipinski definition) is 4. The maximum Gasteiger partial charge on any atom is 0.215 e. The average Bonchev–Trinajstić information content (AvgIpc) is 3.14. The van der Waals surface area contributed by atoms with Crippen molar-refractivity contribution in [1.29, 1.82) is 0 Å². The molecule has 5 rings (SSSR count). The molecule has 3 heterocycles. The SMILES string of the molecule is Clc1ccc(C2=NN3[C@@H](C2)c2cc(Cl)ccc2O[C@H]3c2cccnc2)cc1. The van der Waals surface area contributed by atoms with E-state index in [4.69, 9.17) is 33.0 Å². The summed E-state index contributed by atoms with van der Waals surface area (Å²) in [5.41, 5.74) is 4.07. The normalized spacial score (nSPS) is 20.5. The van der Waals surface area contributed by atoms with Crippen molar-refractivity contribution in [3.63, 3.8) is 0 Å². The fourth-order valence-corrected chi connectivity index (χ4v) is 3.92. The highest BCUT2D eigenvalue weighted by Crippen LogP contribution is 2.48. The van der Waals surface area contributed by atoms with E-state index in [0.29, 0.717) is 10.0 Å². The Labute approximate surface area is 167 Å². The van der Waals surface area contributed by atoms with E-state index < -0.39 is 0 Å². The third-order valence-electron chi connectivity index (χ3n) is 4.90. The van der Waals surface area contributed by atoms with Crippen molar-refractivity contribution in [3.8, 4) is 5.75 Å². The molecule has 2 aliphatic rings. The lowest BCUT2D eigenvalue weighted by molar-refractivity contribution is -0.0192. The van der Waals surface area contributed by atoms with E-state index in [2.05, 4.69) is 4.98 Å². The van der Waals surface area contributed by atoms with Crippen LogP contribution in [0.1, 0.15) is 35.4 Å². The Hall–Kier alpha value is -2.56. The first kappa shape index (κ1) is 16.6. The molecule has 0 N–H and O–H groups in total. The fourth-order valence-electron chi connectivity index (χ4n) is 3.62. The van der Waals surface area contributed by atoms with Crippen LogP contribution in [0.2, 0.25) is 10.0 Å². The first-order valence-corrected chi connectivity index (χ1v) is 9.42. The molecule has 0 saturated heterocycles. The summed E-state index contributed by atoms with van der Waals surface area (Å²) in [5.74, 6) is 0.835. The number of pyridine rings is 1. The topological polar surface area (TPSA) is 37.7 Å². The molecule has 0 bridgehead atoms. The summed E-state index contributed by atoms with van der Waals surface area (Å²) >= 11 is 12.3.